The fraction of sp³-hybridized carbons (Fsp3) is 0.125. The van der Waals surface area contributed by atoms with E-state index >= 15 is 0 Å². The molecule has 7 nitrogen and oxygen atoms in total. The van der Waals surface area contributed by atoms with Gasteiger partial charge in [-0.25, -0.2) is 9.67 Å². The van der Waals surface area contributed by atoms with Gasteiger partial charge in [-0.3, -0.25) is 10.1 Å². The van der Waals surface area contributed by atoms with Crippen LogP contribution in [-0.2, 0) is 13.1 Å². The summed E-state index contributed by atoms with van der Waals surface area (Å²) in [6.45, 7) is 1.31. The van der Waals surface area contributed by atoms with Crippen LogP contribution >= 0.6 is 0 Å². The molecule has 0 saturated carbocycles. The maximum Gasteiger partial charge on any atom is 0.269 e. The smallest absolute Gasteiger partial charge is 0.269 e. The van der Waals surface area contributed by atoms with Crippen LogP contribution in [0.25, 0.3) is 0 Å². The fourth-order valence-corrected chi connectivity index (χ4v) is 2.24. The van der Waals surface area contributed by atoms with Crippen molar-refractivity contribution in [2.45, 2.75) is 13.1 Å². The molecule has 3 aromatic rings. The molecule has 1 heterocycles. The van der Waals surface area contributed by atoms with Gasteiger partial charge in [-0.05, 0) is 23.3 Å². The quantitative estimate of drug-likeness (QED) is 0.559. The Morgan fingerprint density at radius 3 is 2.61 bits per heavy atom. The van der Waals surface area contributed by atoms with Gasteiger partial charge in [0.1, 0.15) is 12.7 Å². The molecule has 1 N–H and O–H groups in total. The Morgan fingerprint density at radius 1 is 1.13 bits per heavy atom. The maximum atomic E-state index is 10.6. The molecule has 7 heteroatoms. The van der Waals surface area contributed by atoms with Crippen molar-refractivity contribution in [3.05, 3.63) is 82.4 Å². The number of nitro benzene ring substituents is 1. The lowest BCUT2D eigenvalue weighted by atomic mass is 10.1. The number of anilines is 1. The molecule has 0 spiro atoms. The fourth-order valence-electron chi connectivity index (χ4n) is 2.24. The zero-order chi connectivity index (χ0) is 16.1. The molecular weight excluding hydrogens is 294 g/mol. The summed E-state index contributed by atoms with van der Waals surface area (Å²) in [5, 5.41) is 18.0. The normalized spacial score (nSPS) is 10.4. The highest BCUT2D eigenvalue weighted by Gasteiger charge is 2.04. The molecule has 0 bridgehead atoms. The van der Waals surface area contributed by atoms with Gasteiger partial charge < -0.3 is 5.32 Å². The summed E-state index contributed by atoms with van der Waals surface area (Å²) in [6, 6.07) is 14.6. The highest BCUT2D eigenvalue weighted by molar-refractivity contribution is 5.48. The van der Waals surface area contributed by atoms with Crippen molar-refractivity contribution < 1.29 is 4.92 Å². The second kappa shape index (κ2) is 6.69. The zero-order valence-electron chi connectivity index (χ0n) is 12.3. The van der Waals surface area contributed by atoms with Crippen LogP contribution in [0.4, 0.5) is 11.4 Å². The van der Waals surface area contributed by atoms with Crippen LogP contribution in [0.1, 0.15) is 11.1 Å². The third-order valence-electron chi connectivity index (χ3n) is 3.38. The second-order valence-electron chi connectivity index (χ2n) is 5.07. The van der Waals surface area contributed by atoms with Gasteiger partial charge in [0.15, 0.2) is 0 Å². The van der Waals surface area contributed by atoms with E-state index < -0.39 is 4.92 Å². The Balaban J connectivity index is 1.62. The molecule has 3 rings (SSSR count). The van der Waals surface area contributed by atoms with E-state index in [1.807, 2.05) is 18.2 Å². The average molecular weight is 309 g/mol. The van der Waals surface area contributed by atoms with Gasteiger partial charge >= 0.3 is 0 Å². The summed E-state index contributed by atoms with van der Waals surface area (Å²) in [7, 11) is 0. The Bertz CT molecular complexity index is 784. The SMILES string of the molecule is O=[N+]([O-])c1ccc(NCc2cccc(Cn3cncn3)c2)cc1. The lowest BCUT2D eigenvalue weighted by Gasteiger charge is -2.08. The first kappa shape index (κ1) is 14.7. The topological polar surface area (TPSA) is 85.9 Å². The maximum absolute atomic E-state index is 10.6. The number of hydrogen-bond donors (Lipinski definition) is 1. The molecule has 116 valence electrons. The lowest BCUT2D eigenvalue weighted by Crippen LogP contribution is -2.03. The Hall–Kier alpha value is -3.22. The molecule has 0 aliphatic heterocycles. The zero-order valence-corrected chi connectivity index (χ0v) is 12.3. The monoisotopic (exact) mass is 309 g/mol. The number of nitrogens with one attached hydrogen (secondary N) is 1. The summed E-state index contributed by atoms with van der Waals surface area (Å²) in [4.78, 5) is 14.2. The van der Waals surface area contributed by atoms with Gasteiger partial charge in [0.05, 0.1) is 11.5 Å². The summed E-state index contributed by atoms with van der Waals surface area (Å²) < 4.78 is 1.77. The van der Waals surface area contributed by atoms with Crippen LogP contribution in [0, 0.1) is 10.1 Å². The van der Waals surface area contributed by atoms with E-state index in [2.05, 4.69) is 21.5 Å². The minimum absolute atomic E-state index is 0.0883. The van der Waals surface area contributed by atoms with Crippen LogP contribution in [0.15, 0.2) is 61.2 Å². The van der Waals surface area contributed by atoms with Crippen LogP contribution in [0.3, 0.4) is 0 Å². The second-order valence-corrected chi connectivity index (χ2v) is 5.07. The molecule has 0 radical (unpaired) electrons. The molecule has 1 aromatic heterocycles. The van der Waals surface area contributed by atoms with E-state index in [0.29, 0.717) is 13.1 Å². The first-order valence-corrected chi connectivity index (χ1v) is 7.09. The molecule has 0 aliphatic carbocycles. The van der Waals surface area contributed by atoms with E-state index in [0.717, 1.165) is 16.8 Å². The molecule has 23 heavy (non-hydrogen) atoms. The van der Waals surface area contributed by atoms with Crippen molar-refractivity contribution in [2.24, 2.45) is 0 Å². The van der Waals surface area contributed by atoms with E-state index in [1.54, 1.807) is 23.1 Å². The molecule has 2 aromatic carbocycles. The van der Waals surface area contributed by atoms with Crippen molar-refractivity contribution in [1.29, 1.82) is 0 Å². The molecule has 0 amide bonds. The van der Waals surface area contributed by atoms with Crippen molar-refractivity contribution in [3.63, 3.8) is 0 Å². The summed E-state index contributed by atoms with van der Waals surface area (Å²) >= 11 is 0. The van der Waals surface area contributed by atoms with E-state index in [1.165, 1.54) is 18.5 Å². The first-order valence-electron chi connectivity index (χ1n) is 7.09. The predicted octanol–water partition coefficient (Wildman–Crippen LogP) is 2.85. The number of nitrogens with zero attached hydrogens (tertiary/aromatic N) is 4. The third kappa shape index (κ3) is 3.91. The van der Waals surface area contributed by atoms with E-state index in [9.17, 15) is 10.1 Å². The van der Waals surface area contributed by atoms with Crippen molar-refractivity contribution in [3.8, 4) is 0 Å². The number of hydrogen-bond acceptors (Lipinski definition) is 5. The van der Waals surface area contributed by atoms with Gasteiger partial charge in [0.2, 0.25) is 0 Å². The van der Waals surface area contributed by atoms with Crippen LogP contribution in [0.5, 0.6) is 0 Å². The van der Waals surface area contributed by atoms with E-state index in [-0.39, 0.29) is 5.69 Å². The standard InChI is InChI=1S/C16H15N5O2/c22-21(23)16-6-4-15(5-7-16)18-9-13-2-1-3-14(8-13)10-20-12-17-11-19-20/h1-8,11-12,18H,9-10H2. The van der Waals surface area contributed by atoms with Gasteiger partial charge in [-0.2, -0.15) is 5.10 Å². The Morgan fingerprint density at radius 2 is 1.91 bits per heavy atom. The van der Waals surface area contributed by atoms with Gasteiger partial charge in [-0.1, -0.05) is 24.3 Å². The van der Waals surface area contributed by atoms with Crippen molar-refractivity contribution in [1.82, 2.24) is 14.8 Å². The molecule has 0 fully saturated rings. The molecular formula is C16H15N5O2. The number of nitro groups is 1. The molecule has 0 atom stereocenters. The number of benzene rings is 2. The van der Waals surface area contributed by atoms with Gasteiger partial charge in [0, 0.05) is 24.4 Å². The largest absolute Gasteiger partial charge is 0.381 e. The highest BCUT2D eigenvalue weighted by Crippen LogP contribution is 2.16. The van der Waals surface area contributed by atoms with Gasteiger partial charge in [-0.15, -0.1) is 0 Å². The highest BCUT2D eigenvalue weighted by atomic mass is 16.6. The third-order valence-corrected chi connectivity index (χ3v) is 3.38. The molecule has 0 aliphatic rings. The number of non-ortho nitro benzene ring substituents is 1. The predicted molar refractivity (Wildman–Crippen MR) is 86.0 cm³/mol. The summed E-state index contributed by atoms with van der Waals surface area (Å²) in [6.07, 6.45) is 3.20. The Labute approximate surface area is 132 Å². The minimum Gasteiger partial charge on any atom is -0.381 e. The lowest BCUT2D eigenvalue weighted by molar-refractivity contribution is -0.384. The van der Waals surface area contributed by atoms with E-state index in [4.69, 9.17) is 0 Å². The van der Waals surface area contributed by atoms with Crippen molar-refractivity contribution in [2.75, 3.05) is 5.32 Å². The molecule has 0 unspecified atom stereocenters. The Kier molecular flexibility index (Phi) is 4.28. The van der Waals surface area contributed by atoms with Crippen LogP contribution in [-0.4, -0.2) is 19.7 Å². The summed E-state index contributed by atoms with van der Waals surface area (Å²) in [5.74, 6) is 0. The minimum atomic E-state index is -0.405. The number of aromatic nitrogens is 3. The van der Waals surface area contributed by atoms with Crippen LogP contribution < -0.4 is 5.32 Å². The average Bonchev–Trinajstić information content (AvgIpc) is 3.07. The van der Waals surface area contributed by atoms with Gasteiger partial charge in [0.25, 0.3) is 5.69 Å². The summed E-state index contributed by atoms with van der Waals surface area (Å²) in [5.41, 5.74) is 3.20. The number of rotatable bonds is 6. The van der Waals surface area contributed by atoms with Crippen LogP contribution in [0.2, 0.25) is 0 Å². The first-order chi connectivity index (χ1) is 11.2. The van der Waals surface area contributed by atoms with Crippen molar-refractivity contribution >= 4 is 11.4 Å². The molecule has 0 saturated heterocycles.